The van der Waals surface area contributed by atoms with Crippen molar-refractivity contribution in [3.63, 3.8) is 0 Å². The summed E-state index contributed by atoms with van der Waals surface area (Å²) < 4.78 is 1.72. The molecule has 1 aromatic heterocycles. The first kappa shape index (κ1) is 17.8. The Bertz CT molecular complexity index is 463. The van der Waals surface area contributed by atoms with Gasteiger partial charge in [0.1, 0.15) is 0 Å². The fourth-order valence-corrected chi connectivity index (χ4v) is 2.87. The minimum Gasteiger partial charge on any atom is -0.398 e. The van der Waals surface area contributed by atoms with E-state index in [1.807, 2.05) is 0 Å². The van der Waals surface area contributed by atoms with E-state index in [0.29, 0.717) is 17.6 Å². The quantitative estimate of drug-likeness (QED) is 0.761. The first-order valence-corrected chi connectivity index (χ1v) is 8.17. The third-order valence-corrected chi connectivity index (χ3v) is 3.91. The molecule has 0 saturated heterocycles. The second-order valence-electron chi connectivity index (χ2n) is 6.21. The smallest absolute Gasteiger partial charge is 0.250 e. The number of nitrogens with zero attached hydrogens (tertiary/aromatic N) is 2. The van der Waals surface area contributed by atoms with Crippen LogP contribution in [0.1, 0.15) is 47.0 Å². The molecule has 0 aliphatic rings. The minimum absolute atomic E-state index is 0.0298. The summed E-state index contributed by atoms with van der Waals surface area (Å²) in [6, 6.07) is 3.85. The van der Waals surface area contributed by atoms with Crippen molar-refractivity contribution in [3.8, 4) is 0 Å². The maximum Gasteiger partial charge on any atom is 0.250 e. The molecular weight excluding hydrogens is 262 g/mol. The molecule has 0 saturated carbocycles. The number of aryl methyl sites for hydroxylation is 1. The van der Waals surface area contributed by atoms with E-state index in [1.54, 1.807) is 22.9 Å². The molecule has 4 heteroatoms. The summed E-state index contributed by atoms with van der Waals surface area (Å²) in [5.74, 6) is 0.667. The zero-order valence-corrected chi connectivity index (χ0v) is 14.0. The van der Waals surface area contributed by atoms with E-state index in [2.05, 4.69) is 32.6 Å². The Kier molecular flexibility index (Phi) is 7.51. The molecule has 0 bridgehead atoms. The van der Waals surface area contributed by atoms with Crippen LogP contribution in [0.5, 0.6) is 0 Å². The molecule has 120 valence electrons. The fourth-order valence-electron chi connectivity index (χ4n) is 2.87. The van der Waals surface area contributed by atoms with Gasteiger partial charge in [-0.3, -0.25) is 4.79 Å². The van der Waals surface area contributed by atoms with Crippen molar-refractivity contribution in [3.05, 3.63) is 28.7 Å². The predicted molar refractivity (Wildman–Crippen MR) is 90.5 cm³/mol. The van der Waals surface area contributed by atoms with Gasteiger partial charge < -0.3 is 15.2 Å². The van der Waals surface area contributed by atoms with Crippen LogP contribution in [0.15, 0.2) is 23.1 Å². The van der Waals surface area contributed by atoms with Crippen LogP contribution in [0, 0.1) is 5.92 Å². The molecule has 0 aliphatic carbocycles. The summed E-state index contributed by atoms with van der Waals surface area (Å²) in [6.07, 6.45) is 5.09. The first-order valence-electron chi connectivity index (χ1n) is 8.17. The number of pyridine rings is 1. The number of rotatable bonds is 9. The van der Waals surface area contributed by atoms with Crippen molar-refractivity contribution in [1.29, 1.82) is 0 Å². The summed E-state index contributed by atoms with van der Waals surface area (Å²) in [6.45, 7) is 11.9. The van der Waals surface area contributed by atoms with Crippen molar-refractivity contribution in [2.45, 2.75) is 59.5 Å². The number of hydrogen-bond acceptors (Lipinski definition) is 3. The molecule has 0 amide bonds. The van der Waals surface area contributed by atoms with Crippen LogP contribution < -0.4 is 11.3 Å². The molecule has 2 N–H and O–H groups in total. The van der Waals surface area contributed by atoms with E-state index in [4.69, 9.17) is 5.73 Å². The predicted octanol–water partition coefficient (Wildman–Crippen LogP) is 2.97. The van der Waals surface area contributed by atoms with Crippen molar-refractivity contribution in [2.75, 3.05) is 18.8 Å². The van der Waals surface area contributed by atoms with Crippen molar-refractivity contribution in [1.82, 2.24) is 9.47 Å². The normalized spacial score (nSPS) is 11.8. The molecule has 21 heavy (non-hydrogen) atoms. The molecular formula is C17H31N3O. The van der Waals surface area contributed by atoms with E-state index in [0.717, 1.165) is 26.1 Å². The summed E-state index contributed by atoms with van der Waals surface area (Å²) in [5.41, 5.74) is 6.42. The molecule has 1 rings (SSSR count). The zero-order valence-electron chi connectivity index (χ0n) is 14.0. The standard InChI is InChI=1S/C17H31N3O/c1-5-16(6-2)19(12-14(3)4)10-7-11-20-13-15(18)8-9-17(20)21/h8-9,13-14,16H,5-7,10-12,18H2,1-4H3. The van der Waals surface area contributed by atoms with Crippen molar-refractivity contribution in [2.24, 2.45) is 5.92 Å². The lowest BCUT2D eigenvalue weighted by atomic mass is 10.1. The van der Waals surface area contributed by atoms with Gasteiger partial charge in [0.05, 0.1) is 0 Å². The van der Waals surface area contributed by atoms with Gasteiger partial charge in [-0.15, -0.1) is 0 Å². The highest BCUT2D eigenvalue weighted by Gasteiger charge is 2.15. The van der Waals surface area contributed by atoms with Gasteiger partial charge in [0.15, 0.2) is 0 Å². The lowest BCUT2D eigenvalue weighted by molar-refractivity contribution is 0.161. The maximum atomic E-state index is 11.8. The fraction of sp³-hybridized carbons (Fsp3) is 0.706. The van der Waals surface area contributed by atoms with Crippen LogP contribution >= 0.6 is 0 Å². The summed E-state index contributed by atoms with van der Waals surface area (Å²) in [7, 11) is 0. The topological polar surface area (TPSA) is 51.3 Å². The summed E-state index contributed by atoms with van der Waals surface area (Å²) in [4.78, 5) is 14.3. The summed E-state index contributed by atoms with van der Waals surface area (Å²) >= 11 is 0. The SMILES string of the molecule is CCC(CC)N(CCCn1cc(N)ccc1=O)CC(C)C. The molecule has 0 atom stereocenters. The molecule has 0 aromatic carbocycles. The Labute approximate surface area is 129 Å². The average molecular weight is 293 g/mol. The van der Waals surface area contributed by atoms with Crippen LogP contribution in [0.2, 0.25) is 0 Å². The molecule has 0 spiro atoms. The van der Waals surface area contributed by atoms with Gasteiger partial charge in [0.25, 0.3) is 5.56 Å². The molecule has 0 unspecified atom stereocenters. The Balaban J connectivity index is 2.60. The molecule has 1 aromatic rings. The Morgan fingerprint density at radius 3 is 2.48 bits per heavy atom. The third-order valence-electron chi connectivity index (χ3n) is 3.91. The average Bonchev–Trinajstić information content (AvgIpc) is 2.43. The van der Waals surface area contributed by atoms with Gasteiger partial charge in [-0.1, -0.05) is 27.7 Å². The van der Waals surface area contributed by atoms with Crippen LogP contribution in [0.25, 0.3) is 0 Å². The molecule has 4 nitrogen and oxygen atoms in total. The largest absolute Gasteiger partial charge is 0.398 e. The van der Waals surface area contributed by atoms with Crippen LogP contribution in [-0.4, -0.2) is 28.6 Å². The maximum absolute atomic E-state index is 11.8. The lowest BCUT2D eigenvalue weighted by Crippen LogP contribution is -2.38. The summed E-state index contributed by atoms with van der Waals surface area (Å²) in [5, 5.41) is 0. The van der Waals surface area contributed by atoms with Crippen LogP contribution in [0.3, 0.4) is 0 Å². The number of anilines is 1. The molecule has 0 radical (unpaired) electrons. The van der Waals surface area contributed by atoms with Crippen molar-refractivity contribution < 1.29 is 0 Å². The monoisotopic (exact) mass is 293 g/mol. The zero-order chi connectivity index (χ0) is 15.8. The first-order chi connectivity index (χ1) is 9.97. The van der Waals surface area contributed by atoms with Gasteiger partial charge in [0, 0.05) is 43.6 Å². The van der Waals surface area contributed by atoms with Gasteiger partial charge in [0.2, 0.25) is 0 Å². The van der Waals surface area contributed by atoms with Gasteiger partial charge in [-0.05, 0) is 31.2 Å². The van der Waals surface area contributed by atoms with Gasteiger partial charge in [-0.2, -0.15) is 0 Å². The second-order valence-corrected chi connectivity index (χ2v) is 6.21. The number of aromatic nitrogens is 1. The van der Waals surface area contributed by atoms with Crippen LogP contribution in [0.4, 0.5) is 5.69 Å². The van der Waals surface area contributed by atoms with Crippen LogP contribution in [-0.2, 0) is 6.54 Å². The van der Waals surface area contributed by atoms with E-state index in [9.17, 15) is 4.79 Å². The Hall–Kier alpha value is -1.29. The Morgan fingerprint density at radius 2 is 1.90 bits per heavy atom. The third kappa shape index (κ3) is 5.92. The number of nitrogens with two attached hydrogens (primary N) is 1. The van der Waals surface area contributed by atoms with E-state index >= 15 is 0 Å². The highest BCUT2D eigenvalue weighted by atomic mass is 16.1. The second kappa shape index (κ2) is 8.88. The molecule has 0 fully saturated rings. The van der Waals surface area contributed by atoms with Gasteiger partial charge >= 0.3 is 0 Å². The lowest BCUT2D eigenvalue weighted by Gasteiger charge is -2.32. The van der Waals surface area contributed by atoms with E-state index < -0.39 is 0 Å². The molecule has 0 aliphatic heterocycles. The highest BCUT2D eigenvalue weighted by Crippen LogP contribution is 2.12. The van der Waals surface area contributed by atoms with Gasteiger partial charge in [-0.25, -0.2) is 0 Å². The highest BCUT2D eigenvalue weighted by molar-refractivity contribution is 5.33. The van der Waals surface area contributed by atoms with E-state index in [-0.39, 0.29) is 5.56 Å². The number of hydrogen-bond donors (Lipinski definition) is 1. The minimum atomic E-state index is 0.0298. The molecule has 1 heterocycles. The van der Waals surface area contributed by atoms with Crippen molar-refractivity contribution >= 4 is 5.69 Å². The van der Waals surface area contributed by atoms with E-state index in [1.165, 1.54) is 12.8 Å². The number of nitrogen functional groups attached to an aromatic ring is 1. The Morgan fingerprint density at radius 1 is 1.24 bits per heavy atom.